The summed E-state index contributed by atoms with van der Waals surface area (Å²) in [6.07, 6.45) is 4.07. The maximum atomic E-state index is 11.6. The lowest BCUT2D eigenvalue weighted by Crippen LogP contribution is -2.43. The van der Waals surface area contributed by atoms with Crippen molar-refractivity contribution in [3.05, 3.63) is 30.1 Å². The van der Waals surface area contributed by atoms with Gasteiger partial charge in [0, 0.05) is 19.4 Å². The zero-order valence-corrected chi connectivity index (χ0v) is 9.93. The number of nitrogens with zero attached hydrogens (tertiary/aromatic N) is 1. The largest absolute Gasteiger partial charge is 0.480 e. The Morgan fingerprint density at radius 3 is 2.71 bits per heavy atom. The molecule has 0 saturated heterocycles. The summed E-state index contributed by atoms with van der Waals surface area (Å²) in [6.45, 7) is 1.44. The maximum absolute atomic E-state index is 11.6. The van der Waals surface area contributed by atoms with Crippen LogP contribution < -0.4 is 5.32 Å². The van der Waals surface area contributed by atoms with Gasteiger partial charge >= 0.3 is 5.97 Å². The van der Waals surface area contributed by atoms with E-state index in [4.69, 9.17) is 5.11 Å². The summed E-state index contributed by atoms with van der Waals surface area (Å²) in [7, 11) is 1.44. The first kappa shape index (κ1) is 13.2. The summed E-state index contributed by atoms with van der Waals surface area (Å²) >= 11 is 0. The van der Waals surface area contributed by atoms with E-state index in [0.29, 0.717) is 6.42 Å². The molecular formula is C12H16N2O3. The first-order chi connectivity index (χ1) is 8.00. The molecule has 1 heterocycles. The molecule has 0 aliphatic carbocycles. The van der Waals surface area contributed by atoms with Gasteiger partial charge in [0.1, 0.15) is 5.41 Å². The molecule has 1 atom stereocenters. The number of carbonyl (C=O) groups is 2. The molecule has 92 valence electrons. The summed E-state index contributed by atoms with van der Waals surface area (Å²) in [6, 6.07) is 3.65. The van der Waals surface area contributed by atoms with Crippen LogP contribution in [0.1, 0.15) is 18.9 Å². The molecule has 0 aliphatic rings. The van der Waals surface area contributed by atoms with Crippen molar-refractivity contribution in [2.24, 2.45) is 5.41 Å². The summed E-state index contributed by atoms with van der Waals surface area (Å²) in [5.41, 5.74) is -0.478. The zero-order chi connectivity index (χ0) is 12.9. The molecule has 2 N–H and O–H groups in total. The third-order valence-electron chi connectivity index (χ3n) is 2.84. The number of nitrogens with one attached hydrogen (secondary N) is 1. The van der Waals surface area contributed by atoms with Crippen LogP contribution in [0.4, 0.5) is 0 Å². The second-order valence-electron chi connectivity index (χ2n) is 4.08. The topological polar surface area (TPSA) is 79.3 Å². The second kappa shape index (κ2) is 5.43. The average molecular weight is 236 g/mol. The van der Waals surface area contributed by atoms with Crippen LogP contribution in [0.3, 0.4) is 0 Å². The molecule has 1 aromatic rings. The van der Waals surface area contributed by atoms with E-state index in [1.807, 2.05) is 6.07 Å². The van der Waals surface area contributed by atoms with Gasteiger partial charge in [-0.05, 0) is 31.4 Å². The zero-order valence-electron chi connectivity index (χ0n) is 9.93. The van der Waals surface area contributed by atoms with Crippen LogP contribution in [0.5, 0.6) is 0 Å². The van der Waals surface area contributed by atoms with Crippen LogP contribution in [0, 0.1) is 5.41 Å². The van der Waals surface area contributed by atoms with Crippen molar-refractivity contribution in [2.75, 3.05) is 7.05 Å². The van der Waals surface area contributed by atoms with Crippen molar-refractivity contribution in [3.63, 3.8) is 0 Å². The molecule has 0 spiro atoms. The molecule has 1 unspecified atom stereocenters. The number of pyridine rings is 1. The van der Waals surface area contributed by atoms with E-state index >= 15 is 0 Å². The summed E-state index contributed by atoms with van der Waals surface area (Å²) < 4.78 is 0. The van der Waals surface area contributed by atoms with Crippen LogP contribution in [-0.4, -0.2) is 29.0 Å². The predicted octanol–water partition coefficient (Wildman–Crippen LogP) is 0.851. The van der Waals surface area contributed by atoms with Crippen LogP contribution in [0.2, 0.25) is 0 Å². The van der Waals surface area contributed by atoms with E-state index in [2.05, 4.69) is 10.3 Å². The van der Waals surface area contributed by atoms with Gasteiger partial charge in [0.25, 0.3) is 0 Å². The molecule has 0 radical (unpaired) electrons. The van der Waals surface area contributed by atoms with Crippen LogP contribution in [-0.2, 0) is 16.0 Å². The van der Waals surface area contributed by atoms with Gasteiger partial charge < -0.3 is 10.4 Å². The van der Waals surface area contributed by atoms with Gasteiger partial charge in [0.2, 0.25) is 5.91 Å². The molecule has 17 heavy (non-hydrogen) atoms. The van der Waals surface area contributed by atoms with Gasteiger partial charge in [0.15, 0.2) is 0 Å². The number of rotatable bonds is 5. The quantitative estimate of drug-likeness (QED) is 0.743. The van der Waals surface area contributed by atoms with E-state index in [-0.39, 0.29) is 6.42 Å². The van der Waals surface area contributed by atoms with Gasteiger partial charge in [-0.15, -0.1) is 0 Å². The minimum absolute atomic E-state index is 0.244. The van der Waals surface area contributed by atoms with Crippen LogP contribution in [0.15, 0.2) is 24.5 Å². The molecule has 0 aromatic carbocycles. The Balaban J connectivity index is 2.76. The monoisotopic (exact) mass is 236 g/mol. The highest BCUT2D eigenvalue weighted by atomic mass is 16.4. The highest BCUT2D eigenvalue weighted by Gasteiger charge is 2.40. The molecule has 1 amide bonds. The SMILES string of the molecule is CNC(=O)C(C)(CCc1cccnc1)C(=O)O. The number of carboxylic acids is 1. The normalized spacial score (nSPS) is 13.8. The summed E-state index contributed by atoms with van der Waals surface area (Å²) in [5.74, 6) is -1.59. The molecule has 5 heteroatoms. The smallest absolute Gasteiger partial charge is 0.318 e. The molecule has 1 aromatic heterocycles. The Bertz CT molecular complexity index is 405. The Kier molecular flexibility index (Phi) is 4.20. The van der Waals surface area contributed by atoms with Gasteiger partial charge in [-0.2, -0.15) is 0 Å². The van der Waals surface area contributed by atoms with E-state index in [0.717, 1.165) is 5.56 Å². The minimum atomic E-state index is -1.40. The number of carbonyl (C=O) groups excluding carboxylic acids is 1. The third kappa shape index (κ3) is 3.03. The predicted molar refractivity (Wildman–Crippen MR) is 62.4 cm³/mol. The van der Waals surface area contributed by atoms with E-state index < -0.39 is 17.3 Å². The summed E-state index contributed by atoms with van der Waals surface area (Å²) in [4.78, 5) is 26.7. The molecule has 0 fully saturated rings. The highest BCUT2D eigenvalue weighted by molar-refractivity contribution is 6.01. The van der Waals surface area contributed by atoms with Gasteiger partial charge in [-0.1, -0.05) is 6.07 Å². The third-order valence-corrected chi connectivity index (χ3v) is 2.84. The molecule has 0 bridgehead atoms. The Morgan fingerprint density at radius 2 is 2.24 bits per heavy atom. The molecule has 0 saturated carbocycles. The van der Waals surface area contributed by atoms with Crippen molar-refractivity contribution in [3.8, 4) is 0 Å². The highest BCUT2D eigenvalue weighted by Crippen LogP contribution is 2.24. The van der Waals surface area contributed by atoms with E-state index in [9.17, 15) is 9.59 Å². The second-order valence-corrected chi connectivity index (χ2v) is 4.08. The lowest BCUT2D eigenvalue weighted by Gasteiger charge is -2.22. The van der Waals surface area contributed by atoms with Gasteiger partial charge in [-0.25, -0.2) is 0 Å². The lowest BCUT2D eigenvalue weighted by atomic mass is 9.83. The van der Waals surface area contributed by atoms with Crippen LogP contribution in [0.25, 0.3) is 0 Å². The van der Waals surface area contributed by atoms with Crippen LogP contribution >= 0.6 is 0 Å². The van der Waals surface area contributed by atoms with Crippen molar-refractivity contribution >= 4 is 11.9 Å². The molecule has 0 aliphatic heterocycles. The number of carboxylic acid groups (broad SMARTS) is 1. The fraction of sp³-hybridized carbons (Fsp3) is 0.417. The Labute approximate surface area is 99.9 Å². The van der Waals surface area contributed by atoms with Crippen molar-refractivity contribution in [1.82, 2.24) is 10.3 Å². The number of amides is 1. The van der Waals surface area contributed by atoms with Gasteiger partial charge in [-0.3, -0.25) is 14.6 Å². The fourth-order valence-electron chi connectivity index (χ4n) is 1.53. The number of aromatic nitrogens is 1. The Hall–Kier alpha value is -1.91. The molecule has 5 nitrogen and oxygen atoms in total. The molecule has 1 rings (SSSR count). The number of hydrogen-bond acceptors (Lipinski definition) is 3. The average Bonchev–Trinajstić information content (AvgIpc) is 2.35. The minimum Gasteiger partial charge on any atom is -0.480 e. The van der Waals surface area contributed by atoms with Crippen molar-refractivity contribution < 1.29 is 14.7 Å². The van der Waals surface area contributed by atoms with Gasteiger partial charge in [0.05, 0.1) is 0 Å². The number of aryl methyl sites for hydroxylation is 1. The first-order valence-corrected chi connectivity index (χ1v) is 5.35. The fourth-order valence-corrected chi connectivity index (χ4v) is 1.53. The molecular weight excluding hydrogens is 220 g/mol. The van der Waals surface area contributed by atoms with E-state index in [1.165, 1.54) is 14.0 Å². The first-order valence-electron chi connectivity index (χ1n) is 5.35. The maximum Gasteiger partial charge on any atom is 0.318 e. The van der Waals surface area contributed by atoms with E-state index in [1.54, 1.807) is 18.5 Å². The Morgan fingerprint density at radius 1 is 1.53 bits per heavy atom. The van der Waals surface area contributed by atoms with Crippen molar-refractivity contribution in [1.29, 1.82) is 0 Å². The number of hydrogen-bond donors (Lipinski definition) is 2. The lowest BCUT2D eigenvalue weighted by molar-refractivity contribution is -0.154. The summed E-state index contributed by atoms with van der Waals surface area (Å²) in [5, 5.41) is 11.5. The number of aliphatic carboxylic acids is 1. The standard InChI is InChI=1S/C12H16N2O3/c1-12(11(16)17,10(15)13-2)6-5-9-4-3-7-14-8-9/h3-4,7-8H,5-6H2,1-2H3,(H,13,15)(H,16,17). The van der Waals surface area contributed by atoms with Crippen molar-refractivity contribution in [2.45, 2.75) is 19.8 Å².